The van der Waals surface area contributed by atoms with Crippen LogP contribution in [0.25, 0.3) is 0 Å². The van der Waals surface area contributed by atoms with Crippen molar-refractivity contribution in [3.05, 3.63) is 34.5 Å². The van der Waals surface area contributed by atoms with Crippen LogP contribution in [-0.4, -0.2) is 8.07 Å². The van der Waals surface area contributed by atoms with Crippen molar-refractivity contribution in [2.45, 2.75) is 58.7 Å². The number of unbranched alkanes of at least 4 members (excludes halogenated alkanes) is 4. The Balaban J connectivity index is 3.83. The largest absolute Gasteiger partial charge is 0.0950 e. The molecule has 0 aromatic carbocycles. The number of rotatable bonds is 8. The molecule has 0 nitrogen and oxygen atoms in total. The summed E-state index contributed by atoms with van der Waals surface area (Å²) in [5.41, 5.74) is 2.35. The Labute approximate surface area is 117 Å². The molecule has 0 saturated carbocycles. The summed E-state index contributed by atoms with van der Waals surface area (Å²) in [6.07, 6.45) is 15.2. The molecule has 0 rings (SSSR count). The van der Waals surface area contributed by atoms with E-state index in [1.807, 2.05) is 0 Å². The molecule has 17 heavy (non-hydrogen) atoms. The molecule has 0 aromatic rings. The summed E-state index contributed by atoms with van der Waals surface area (Å²) >= 11 is 3.58. The minimum atomic E-state index is -1.04. The van der Waals surface area contributed by atoms with E-state index in [-0.39, 0.29) is 0 Å². The van der Waals surface area contributed by atoms with Gasteiger partial charge in [0.2, 0.25) is 0 Å². The Morgan fingerprint density at radius 3 is 2.35 bits per heavy atom. The highest BCUT2D eigenvalue weighted by Gasteiger charge is 2.05. The Bertz CT molecular complexity index is 269. The van der Waals surface area contributed by atoms with E-state index in [2.05, 4.69) is 72.5 Å². The molecule has 0 atom stereocenters. The molecule has 0 aliphatic carbocycles. The van der Waals surface area contributed by atoms with Crippen molar-refractivity contribution in [2.24, 2.45) is 0 Å². The van der Waals surface area contributed by atoms with Gasteiger partial charge in [-0.05, 0) is 18.9 Å². The molecule has 0 aliphatic rings. The quantitative estimate of drug-likeness (QED) is 0.283. The van der Waals surface area contributed by atoms with E-state index in [0.29, 0.717) is 0 Å². The molecular formula is C15H27BrSi. The zero-order chi connectivity index (χ0) is 13.1. The molecule has 0 heterocycles. The third-order valence-corrected chi connectivity index (χ3v) is 4.14. The first-order valence-electron chi connectivity index (χ1n) is 6.67. The van der Waals surface area contributed by atoms with Crippen molar-refractivity contribution < 1.29 is 0 Å². The third kappa shape index (κ3) is 13.9. The fourth-order valence-corrected chi connectivity index (χ4v) is 2.44. The Morgan fingerprint density at radius 2 is 1.76 bits per heavy atom. The van der Waals surface area contributed by atoms with Gasteiger partial charge in [-0.3, -0.25) is 0 Å². The van der Waals surface area contributed by atoms with Crippen molar-refractivity contribution >= 4 is 24.0 Å². The second-order valence-corrected chi connectivity index (χ2v) is 11.5. The van der Waals surface area contributed by atoms with Gasteiger partial charge in [0.25, 0.3) is 0 Å². The molecule has 0 bridgehead atoms. The lowest BCUT2D eigenvalue weighted by Gasteiger charge is -2.06. The minimum Gasteiger partial charge on any atom is -0.0950 e. The molecule has 0 fully saturated rings. The molecule has 0 spiro atoms. The second kappa shape index (κ2) is 9.90. The average molecular weight is 315 g/mol. The maximum atomic E-state index is 3.58. The highest BCUT2D eigenvalue weighted by atomic mass is 79.9. The highest BCUT2D eigenvalue weighted by molar-refractivity contribution is 9.11. The lowest BCUT2D eigenvalue weighted by atomic mass is 10.1. The monoisotopic (exact) mass is 314 g/mol. The second-order valence-electron chi connectivity index (χ2n) is 5.52. The Kier molecular flexibility index (Phi) is 9.85. The van der Waals surface area contributed by atoms with Crippen molar-refractivity contribution in [1.82, 2.24) is 0 Å². The van der Waals surface area contributed by atoms with Crippen LogP contribution in [0.2, 0.25) is 19.6 Å². The summed E-state index contributed by atoms with van der Waals surface area (Å²) in [7, 11) is -1.04. The molecular weight excluding hydrogens is 288 g/mol. The van der Waals surface area contributed by atoms with Gasteiger partial charge in [-0.2, -0.15) is 0 Å². The standard InChI is InChI=1S/C15H27BrSi/c1-5-6-7-8-9-12-15(16)13-10-11-14-17(2,3)4/h10-14H,5-9H2,1-4H3/b13-10+,14-11+,15-12-. The molecule has 0 amide bonds. The van der Waals surface area contributed by atoms with E-state index in [4.69, 9.17) is 0 Å². The van der Waals surface area contributed by atoms with Crippen LogP contribution >= 0.6 is 15.9 Å². The van der Waals surface area contributed by atoms with Crippen molar-refractivity contribution in [2.75, 3.05) is 0 Å². The fraction of sp³-hybridized carbons (Fsp3) is 0.600. The van der Waals surface area contributed by atoms with Gasteiger partial charge in [-0.15, -0.1) is 0 Å². The third-order valence-electron chi connectivity index (χ3n) is 2.36. The predicted molar refractivity (Wildman–Crippen MR) is 87.4 cm³/mol. The van der Waals surface area contributed by atoms with Crippen molar-refractivity contribution in [3.8, 4) is 0 Å². The van der Waals surface area contributed by atoms with Gasteiger partial charge in [0.15, 0.2) is 0 Å². The smallest absolute Gasteiger partial charge is 0.0687 e. The highest BCUT2D eigenvalue weighted by Crippen LogP contribution is 2.11. The summed E-state index contributed by atoms with van der Waals surface area (Å²) in [6, 6.07) is 0. The van der Waals surface area contributed by atoms with Gasteiger partial charge < -0.3 is 0 Å². The van der Waals surface area contributed by atoms with Crippen LogP contribution in [0.1, 0.15) is 39.0 Å². The number of hydrogen-bond acceptors (Lipinski definition) is 0. The predicted octanol–water partition coefficient (Wildman–Crippen LogP) is 6.23. The van der Waals surface area contributed by atoms with Crippen LogP contribution < -0.4 is 0 Å². The molecule has 0 radical (unpaired) electrons. The maximum absolute atomic E-state index is 3.58. The lowest BCUT2D eigenvalue weighted by Crippen LogP contribution is -2.14. The molecule has 0 aliphatic heterocycles. The minimum absolute atomic E-state index is 1.04. The van der Waals surface area contributed by atoms with Gasteiger partial charge in [-0.1, -0.05) is 85.7 Å². The normalized spacial score (nSPS) is 14.1. The zero-order valence-corrected chi connectivity index (χ0v) is 14.4. The van der Waals surface area contributed by atoms with Crippen LogP contribution in [0, 0.1) is 0 Å². The average Bonchev–Trinajstić information content (AvgIpc) is 2.23. The molecule has 98 valence electrons. The van der Waals surface area contributed by atoms with E-state index in [1.54, 1.807) is 0 Å². The summed E-state index contributed by atoms with van der Waals surface area (Å²) in [5.74, 6) is 0. The molecule has 0 unspecified atom stereocenters. The first-order chi connectivity index (χ1) is 7.95. The van der Waals surface area contributed by atoms with Gasteiger partial charge in [0, 0.05) is 4.48 Å². The topological polar surface area (TPSA) is 0 Å². The number of allylic oxidation sites excluding steroid dienone is 5. The molecule has 0 N–H and O–H groups in total. The summed E-state index contributed by atoms with van der Waals surface area (Å²) in [4.78, 5) is 0. The zero-order valence-electron chi connectivity index (χ0n) is 11.8. The van der Waals surface area contributed by atoms with Gasteiger partial charge >= 0.3 is 0 Å². The van der Waals surface area contributed by atoms with Gasteiger partial charge in [-0.25, -0.2) is 0 Å². The number of halogens is 1. The fourth-order valence-electron chi connectivity index (χ4n) is 1.37. The maximum Gasteiger partial charge on any atom is 0.0687 e. The van der Waals surface area contributed by atoms with E-state index in [9.17, 15) is 0 Å². The van der Waals surface area contributed by atoms with E-state index in [1.165, 1.54) is 36.6 Å². The van der Waals surface area contributed by atoms with Gasteiger partial charge in [0.05, 0.1) is 8.07 Å². The van der Waals surface area contributed by atoms with Gasteiger partial charge in [0.1, 0.15) is 0 Å². The summed E-state index contributed by atoms with van der Waals surface area (Å²) in [5, 5.41) is 0. The van der Waals surface area contributed by atoms with Crippen LogP contribution in [0.15, 0.2) is 34.5 Å². The lowest BCUT2D eigenvalue weighted by molar-refractivity contribution is 0.674. The summed E-state index contributed by atoms with van der Waals surface area (Å²) < 4.78 is 1.20. The van der Waals surface area contributed by atoms with Crippen molar-refractivity contribution in [3.63, 3.8) is 0 Å². The van der Waals surface area contributed by atoms with Crippen LogP contribution in [-0.2, 0) is 0 Å². The number of hydrogen-bond donors (Lipinski definition) is 0. The van der Waals surface area contributed by atoms with E-state index in [0.717, 1.165) is 0 Å². The van der Waals surface area contributed by atoms with Crippen LogP contribution in [0.5, 0.6) is 0 Å². The SMILES string of the molecule is CCCCCC/C=C(Br)/C=C/C=C/[Si](C)(C)C. The van der Waals surface area contributed by atoms with Crippen LogP contribution in [0.3, 0.4) is 0 Å². The molecule has 2 heteroatoms. The Hall–Kier alpha value is -0.0831. The molecule has 0 saturated heterocycles. The van der Waals surface area contributed by atoms with E-state index < -0.39 is 8.07 Å². The van der Waals surface area contributed by atoms with E-state index >= 15 is 0 Å². The molecule has 0 aromatic heterocycles. The summed E-state index contributed by atoms with van der Waals surface area (Å²) in [6.45, 7) is 9.28. The van der Waals surface area contributed by atoms with Crippen LogP contribution in [0.4, 0.5) is 0 Å². The first-order valence-corrected chi connectivity index (χ1v) is 11.0. The van der Waals surface area contributed by atoms with Crippen molar-refractivity contribution in [1.29, 1.82) is 0 Å². The first kappa shape index (κ1) is 16.9. The Morgan fingerprint density at radius 1 is 1.06 bits per heavy atom.